The molecule has 0 aliphatic heterocycles. The van der Waals surface area contributed by atoms with E-state index < -0.39 is 0 Å². The Balaban J connectivity index is 0.00000128. The third kappa shape index (κ3) is 2.50. The van der Waals surface area contributed by atoms with E-state index in [2.05, 4.69) is 34.7 Å². The number of hydrogen-bond acceptors (Lipinski definition) is 2. The summed E-state index contributed by atoms with van der Waals surface area (Å²) in [7, 11) is 0. The Hall–Kier alpha value is -1.48. The molecule has 78 valence electrons. The summed E-state index contributed by atoms with van der Waals surface area (Å²) in [4.78, 5) is 1.24. The quantitative estimate of drug-likeness (QED) is 0.854. The smallest absolute Gasteiger partial charge is 0.0589 e. The molecule has 0 amide bonds. The fourth-order valence-electron chi connectivity index (χ4n) is 1.35. The van der Waals surface area contributed by atoms with Crippen LogP contribution in [-0.4, -0.2) is 16.5 Å². The SMILES string of the molecule is CS/C(=C\c1ccn[nH]1)c1ccccc1.[HH]. The van der Waals surface area contributed by atoms with Crippen LogP contribution in [0.25, 0.3) is 11.0 Å². The summed E-state index contributed by atoms with van der Waals surface area (Å²) in [5.41, 5.74) is 2.27. The number of nitrogens with one attached hydrogen (secondary N) is 1. The van der Waals surface area contributed by atoms with E-state index in [-0.39, 0.29) is 1.43 Å². The lowest BCUT2D eigenvalue weighted by atomic mass is 10.2. The van der Waals surface area contributed by atoms with Gasteiger partial charge in [-0.25, -0.2) is 0 Å². The number of aromatic amines is 1. The second kappa shape index (κ2) is 4.84. The summed E-state index contributed by atoms with van der Waals surface area (Å²) in [6.45, 7) is 0. The Labute approximate surface area is 94.9 Å². The highest BCUT2D eigenvalue weighted by atomic mass is 32.2. The molecular formula is C12H14N2S. The molecule has 0 spiro atoms. The van der Waals surface area contributed by atoms with E-state index in [9.17, 15) is 0 Å². The van der Waals surface area contributed by atoms with E-state index in [0.717, 1.165) is 5.69 Å². The van der Waals surface area contributed by atoms with Crippen LogP contribution in [0, 0.1) is 0 Å². The van der Waals surface area contributed by atoms with Crippen molar-refractivity contribution in [3.63, 3.8) is 0 Å². The molecule has 0 unspecified atom stereocenters. The predicted octanol–water partition coefficient (Wildman–Crippen LogP) is 3.52. The van der Waals surface area contributed by atoms with Crippen LogP contribution in [0.2, 0.25) is 0 Å². The van der Waals surface area contributed by atoms with Gasteiger partial charge in [-0.1, -0.05) is 30.3 Å². The third-order valence-corrected chi connectivity index (χ3v) is 2.88. The first-order chi connectivity index (χ1) is 7.40. The van der Waals surface area contributed by atoms with E-state index >= 15 is 0 Å². The minimum Gasteiger partial charge on any atom is -0.278 e. The van der Waals surface area contributed by atoms with Crippen molar-refractivity contribution in [2.45, 2.75) is 0 Å². The molecule has 0 fully saturated rings. The van der Waals surface area contributed by atoms with E-state index in [1.807, 2.05) is 24.3 Å². The molecule has 0 atom stereocenters. The summed E-state index contributed by atoms with van der Waals surface area (Å²) in [5.74, 6) is 0. The zero-order chi connectivity index (χ0) is 10.5. The van der Waals surface area contributed by atoms with Crippen molar-refractivity contribution >= 4 is 22.7 Å². The second-order valence-electron chi connectivity index (χ2n) is 3.09. The van der Waals surface area contributed by atoms with Crippen LogP contribution in [0.4, 0.5) is 0 Å². The summed E-state index contributed by atoms with van der Waals surface area (Å²) >= 11 is 1.73. The molecule has 1 aromatic carbocycles. The number of rotatable bonds is 3. The van der Waals surface area contributed by atoms with Gasteiger partial charge in [-0.05, 0) is 24.0 Å². The van der Waals surface area contributed by atoms with Gasteiger partial charge >= 0.3 is 0 Å². The van der Waals surface area contributed by atoms with Crippen LogP contribution in [0.1, 0.15) is 12.7 Å². The maximum atomic E-state index is 3.92. The van der Waals surface area contributed by atoms with Gasteiger partial charge in [0, 0.05) is 12.5 Å². The number of aromatic nitrogens is 2. The van der Waals surface area contributed by atoms with Crippen molar-refractivity contribution < 1.29 is 1.43 Å². The van der Waals surface area contributed by atoms with Gasteiger partial charge in [-0.2, -0.15) is 5.10 Å². The third-order valence-electron chi connectivity index (χ3n) is 2.09. The summed E-state index contributed by atoms with van der Waals surface area (Å²) in [6, 6.07) is 12.3. The Morgan fingerprint density at radius 1 is 1.33 bits per heavy atom. The van der Waals surface area contributed by atoms with Crippen molar-refractivity contribution in [1.82, 2.24) is 10.2 Å². The maximum Gasteiger partial charge on any atom is 0.0589 e. The van der Waals surface area contributed by atoms with Crippen molar-refractivity contribution in [3.8, 4) is 0 Å². The van der Waals surface area contributed by atoms with E-state index in [1.54, 1.807) is 18.0 Å². The highest BCUT2D eigenvalue weighted by molar-refractivity contribution is 8.07. The van der Waals surface area contributed by atoms with Gasteiger partial charge in [0.2, 0.25) is 0 Å². The number of hydrogen-bond donors (Lipinski definition) is 1. The van der Waals surface area contributed by atoms with E-state index in [4.69, 9.17) is 0 Å². The van der Waals surface area contributed by atoms with Gasteiger partial charge in [0.1, 0.15) is 0 Å². The Kier molecular flexibility index (Phi) is 3.25. The minimum atomic E-state index is 0. The lowest BCUT2D eigenvalue weighted by Crippen LogP contribution is -1.79. The zero-order valence-electron chi connectivity index (χ0n) is 8.47. The predicted molar refractivity (Wildman–Crippen MR) is 68.5 cm³/mol. The molecule has 0 saturated heterocycles. The summed E-state index contributed by atoms with van der Waals surface area (Å²) in [5, 5.41) is 6.86. The fourth-order valence-corrected chi connectivity index (χ4v) is 1.97. The van der Waals surface area contributed by atoms with Crippen LogP contribution in [0.5, 0.6) is 0 Å². The first kappa shape index (κ1) is 10.1. The van der Waals surface area contributed by atoms with Gasteiger partial charge in [0.25, 0.3) is 0 Å². The van der Waals surface area contributed by atoms with E-state index in [0.29, 0.717) is 0 Å². The van der Waals surface area contributed by atoms with Gasteiger partial charge < -0.3 is 0 Å². The second-order valence-corrected chi connectivity index (χ2v) is 3.94. The maximum absolute atomic E-state index is 3.92. The molecule has 0 aliphatic carbocycles. The average Bonchev–Trinajstić information content (AvgIpc) is 2.80. The van der Waals surface area contributed by atoms with Crippen molar-refractivity contribution in [2.24, 2.45) is 0 Å². The number of thioether (sulfide) groups is 1. The van der Waals surface area contributed by atoms with Crippen LogP contribution < -0.4 is 0 Å². The molecule has 0 bridgehead atoms. The van der Waals surface area contributed by atoms with Crippen LogP contribution in [0.15, 0.2) is 42.6 Å². The molecule has 1 N–H and O–H groups in total. The van der Waals surface area contributed by atoms with Gasteiger partial charge in [-0.3, -0.25) is 5.10 Å². The molecule has 3 heteroatoms. The van der Waals surface area contributed by atoms with Crippen LogP contribution in [-0.2, 0) is 0 Å². The topological polar surface area (TPSA) is 28.7 Å². The first-order valence-corrected chi connectivity index (χ1v) is 5.93. The number of H-pyrrole nitrogens is 1. The summed E-state index contributed by atoms with van der Waals surface area (Å²) < 4.78 is 0. The molecule has 0 saturated carbocycles. The molecule has 2 aromatic rings. The van der Waals surface area contributed by atoms with E-state index in [1.165, 1.54) is 10.5 Å². The zero-order valence-corrected chi connectivity index (χ0v) is 9.29. The van der Waals surface area contributed by atoms with Gasteiger partial charge in [0.15, 0.2) is 0 Å². The molecule has 2 nitrogen and oxygen atoms in total. The Bertz CT molecular complexity index is 437. The number of benzene rings is 1. The fraction of sp³-hybridized carbons (Fsp3) is 0.0833. The lowest BCUT2D eigenvalue weighted by molar-refractivity contribution is 1.08. The average molecular weight is 218 g/mol. The lowest BCUT2D eigenvalue weighted by Gasteiger charge is -2.02. The Morgan fingerprint density at radius 3 is 2.73 bits per heavy atom. The van der Waals surface area contributed by atoms with Gasteiger partial charge in [-0.15, -0.1) is 11.8 Å². The molecule has 2 rings (SSSR count). The van der Waals surface area contributed by atoms with Crippen LogP contribution >= 0.6 is 11.8 Å². The summed E-state index contributed by atoms with van der Waals surface area (Å²) in [6.07, 6.45) is 5.94. The van der Waals surface area contributed by atoms with Crippen molar-refractivity contribution in [3.05, 3.63) is 53.9 Å². The van der Waals surface area contributed by atoms with Crippen LogP contribution in [0.3, 0.4) is 0 Å². The minimum absolute atomic E-state index is 0. The monoisotopic (exact) mass is 218 g/mol. The largest absolute Gasteiger partial charge is 0.278 e. The van der Waals surface area contributed by atoms with Crippen molar-refractivity contribution in [2.75, 3.05) is 6.26 Å². The number of nitrogens with zero attached hydrogens (tertiary/aromatic N) is 1. The molecule has 0 aliphatic rings. The van der Waals surface area contributed by atoms with Gasteiger partial charge in [0.05, 0.1) is 5.69 Å². The molecular weight excluding hydrogens is 204 g/mol. The standard InChI is InChI=1S/C12H12N2S.H2/c1-15-12(9-11-7-8-13-14-11)10-5-3-2-4-6-10;/h2-9H,1H3,(H,13,14);1H/b12-9-;. The highest BCUT2D eigenvalue weighted by Gasteiger charge is 1.99. The van der Waals surface area contributed by atoms with Crippen molar-refractivity contribution in [1.29, 1.82) is 0 Å². The Morgan fingerprint density at radius 2 is 2.13 bits per heavy atom. The normalized spacial score (nSPS) is 11.7. The highest BCUT2D eigenvalue weighted by Crippen LogP contribution is 2.26. The molecule has 1 aromatic heterocycles. The molecule has 0 radical (unpaired) electrons. The molecule has 15 heavy (non-hydrogen) atoms. The first-order valence-electron chi connectivity index (χ1n) is 4.70. The molecule has 1 heterocycles.